The second-order valence-electron chi connectivity index (χ2n) is 3.80. The van der Waals surface area contributed by atoms with E-state index < -0.39 is 0 Å². The molecule has 0 fully saturated rings. The lowest BCUT2D eigenvalue weighted by Gasteiger charge is -2.14. The number of carbonyl (C=O) groups excluding carboxylic acids is 1. The normalized spacial score (nSPS) is 14.7. The van der Waals surface area contributed by atoms with E-state index in [1.165, 1.54) is 9.75 Å². The average Bonchev–Trinajstić information content (AvgIpc) is 2.50. The van der Waals surface area contributed by atoms with Crippen molar-refractivity contribution in [1.29, 1.82) is 0 Å². The number of carbonyl (C=O) groups is 1. The third-order valence-corrected chi connectivity index (χ3v) is 3.33. The van der Waals surface area contributed by atoms with E-state index in [1.54, 1.807) is 18.3 Å². The quantitative estimate of drug-likeness (QED) is 0.781. The molecular formula is C11H17NOS2. The predicted octanol–water partition coefficient (Wildman–Crippen LogP) is 2.42. The van der Waals surface area contributed by atoms with Crippen molar-refractivity contribution in [3.05, 3.63) is 21.9 Å². The zero-order valence-corrected chi connectivity index (χ0v) is 11.0. The van der Waals surface area contributed by atoms with Gasteiger partial charge in [-0.15, -0.1) is 11.3 Å². The zero-order valence-electron chi connectivity index (χ0n) is 9.28. The van der Waals surface area contributed by atoms with E-state index >= 15 is 0 Å². The molecule has 1 amide bonds. The zero-order chi connectivity index (χ0) is 11.4. The summed E-state index contributed by atoms with van der Waals surface area (Å²) < 4.78 is 0. The number of amides is 1. The highest BCUT2D eigenvalue weighted by Gasteiger charge is 2.12. The molecule has 1 heterocycles. The van der Waals surface area contributed by atoms with E-state index in [1.807, 2.05) is 6.92 Å². The van der Waals surface area contributed by atoms with Crippen LogP contribution in [0.5, 0.6) is 0 Å². The number of hydrogen-bond donors (Lipinski definition) is 2. The molecular weight excluding hydrogens is 226 g/mol. The summed E-state index contributed by atoms with van der Waals surface area (Å²) in [5.41, 5.74) is 0. The van der Waals surface area contributed by atoms with Crippen LogP contribution in [0, 0.1) is 6.92 Å². The number of thiol groups is 1. The minimum Gasteiger partial charge on any atom is -0.352 e. The summed E-state index contributed by atoms with van der Waals surface area (Å²) in [6, 6.07) is 4.40. The maximum Gasteiger partial charge on any atom is 0.232 e. The number of thiophene rings is 1. The second-order valence-corrected chi connectivity index (χ2v) is 5.95. The molecule has 1 N–H and O–H groups in total. The van der Waals surface area contributed by atoms with E-state index in [-0.39, 0.29) is 17.2 Å². The highest BCUT2D eigenvalue weighted by atomic mass is 32.1. The summed E-state index contributed by atoms with van der Waals surface area (Å²) in [5, 5.41) is 2.69. The molecule has 1 rings (SSSR count). The van der Waals surface area contributed by atoms with Crippen molar-refractivity contribution in [3.63, 3.8) is 0 Å². The third kappa shape index (κ3) is 4.26. The first kappa shape index (κ1) is 12.6. The van der Waals surface area contributed by atoms with Crippen molar-refractivity contribution < 1.29 is 4.79 Å². The van der Waals surface area contributed by atoms with Crippen molar-refractivity contribution in [3.8, 4) is 0 Å². The lowest BCUT2D eigenvalue weighted by atomic mass is 10.2. The first-order valence-electron chi connectivity index (χ1n) is 5.03. The van der Waals surface area contributed by atoms with Gasteiger partial charge in [0.2, 0.25) is 5.91 Å². The minimum absolute atomic E-state index is 0.000823. The molecule has 1 aromatic heterocycles. The largest absolute Gasteiger partial charge is 0.352 e. The molecule has 15 heavy (non-hydrogen) atoms. The number of aryl methyl sites for hydroxylation is 1. The van der Waals surface area contributed by atoms with Crippen LogP contribution in [0.4, 0.5) is 0 Å². The summed E-state index contributed by atoms with van der Waals surface area (Å²) in [5.74, 6) is -0.000823. The van der Waals surface area contributed by atoms with E-state index in [9.17, 15) is 4.79 Å². The standard InChI is InChI=1S/C11H17NOS2/c1-7(12-11(13)9(3)14)6-10-5-4-8(2)15-10/h4-5,7,9,14H,6H2,1-3H3,(H,12,13). The van der Waals surface area contributed by atoms with Crippen LogP contribution < -0.4 is 5.32 Å². The molecule has 2 atom stereocenters. The van der Waals surface area contributed by atoms with Gasteiger partial charge in [0.1, 0.15) is 0 Å². The van der Waals surface area contributed by atoms with Crippen LogP contribution in [0.15, 0.2) is 12.1 Å². The second kappa shape index (κ2) is 5.56. The smallest absolute Gasteiger partial charge is 0.232 e. The van der Waals surface area contributed by atoms with Gasteiger partial charge in [-0.05, 0) is 32.9 Å². The topological polar surface area (TPSA) is 29.1 Å². The maximum atomic E-state index is 11.4. The highest BCUT2D eigenvalue weighted by molar-refractivity contribution is 7.81. The molecule has 1 aromatic rings. The molecule has 0 saturated carbocycles. The SMILES string of the molecule is Cc1ccc(CC(C)NC(=O)C(C)S)s1. The average molecular weight is 243 g/mol. The van der Waals surface area contributed by atoms with Crippen molar-refractivity contribution in [2.75, 3.05) is 0 Å². The van der Waals surface area contributed by atoms with Crippen LogP contribution in [0.2, 0.25) is 0 Å². The number of rotatable bonds is 4. The summed E-state index contributed by atoms with van der Waals surface area (Å²) in [6.45, 7) is 5.89. The monoisotopic (exact) mass is 243 g/mol. The first-order chi connectivity index (χ1) is 6.99. The molecule has 0 spiro atoms. The molecule has 0 saturated heterocycles. The van der Waals surface area contributed by atoms with Crippen molar-refractivity contribution in [1.82, 2.24) is 5.32 Å². The minimum atomic E-state index is -0.238. The van der Waals surface area contributed by atoms with Gasteiger partial charge in [0.25, 0.3) is 0 Å². The van der Waals surface area contributed by atoms with Gasteiger partial charge in [-0.1, -0.05) is 0 Å². The molecule has 0 aliphatic heterocycles. The van der Waals surface area contributed by atoms with Gasteiger partial charge >= 0.3 is 0 Å². The molecule has 0 aromatic carbocycles. The van der Waals surface area contributed by atoms with E-state index in [0.717, 1.165) is 6.42 Å². The van der Waals surface area contributed by atoms with Crippen LogP contribution in [0.3, 0.4) is 0 Å². The lowest BCUT2D eigenvalue weighted by Crippen LogP contribution is -2.37. The van der Waals surface area contributed by atoms with E-state index in [4.69, 9.17) is 0 Å². The maximum absolute atomic E-state index is 11.4. The Morgan fingerprint density at radius 1 is 1.53 bits per heavy atom. The fourth-order valence-corrected chi connectivity index (χ4v) is 2.40. The summed E-state index contributed by atoms with van der Waals surface area (Å²) >= 11 is 5.87. The Morgan fingerprint density at radius 3 is 2.67 bits per heavy atom. The van der Waals surface area contributed by atoms with Gasteiger partial charge < -0.3 is 5.32 Å². The van der Waals surface area contributed by atoms with Crippen LogP contribution in [0.1, 0.15) is 23.6 Å². The Kier molecular flexibility index (Phi) is 4.67. The Morgan fingerprint density at radius 2 is 2.20 bits per heavy atom. The van der Waals surface area contributed by atoms with Crippen molar-refractivity contribution >= 4 is 29.9 Å². The Bertz CT molecular complexity index is 333. The van der Waals surface area contributed by atoms with Gasteiger partial charge in [0.05, 0.1) is 5.25 Å². The highest BCUT2D eigenvalue weighted by Crippen LogP contribution is 2.16. The Balaban J connectivity index is 2.42. The van der Waals surface area contributed by atoms with Gasteiger partial charge in [0, 0.05) is 22.2 Å². The fourth-order valence-electron chi connectivity index (χ4n) is 1.31. The number of hydrogen-bond acceptors (Lipinski definition) is 3. The van der Waals surface area contributed by atoms with Gasteiger partial charge in [-0.25, -0.2) is 0 Å². The van der Waals surface area contributed by atoms with Crippen LogP contribution >= 0.6 is 24.0 Å². The summed E-state index contributed by atoms with van der Waals surface area (Å²) in [7, 11) is 0. The van der Waals surface area contributed by atoms with Crippen LogP contribution in [-0.2, 0) is 11.2 Å². The van der Waals surface area contributed by atoms with E-state index in [0.29, 0.717) is 0 Å². The summed E-state index contributed by atoms with van der Waals surface area (Å²) in [4.78, 5) is 14.0. The van der Waals surface area contributed by atoms with E-state index in [2.05, 4.69) is 37.0 Å². The Labute approximate surface area is 100 Å². The van der Waals surface area contributed by atoms with Crippen LogP contribution in [0.25, 0.3) is 0 Å². The third-order valence-electron chi connectivity index (χ3n) is 2.07. The number of nitrogens with one attached hydrogen (secondary N) is 1. The van der Waals surface area contributed by atoms with Gasteiger partial charge in [-0.2, -0.15) is 12.6 Å². The molecule has 4 heteroatoms. The summed E-state index contributed by atoms with van der Waals surface area (Å²) in [6.07, 6.45) is 0.894. The van der Waals surface area contributed by atoms with Gasteiger partial charge in [0.15, 0.2) is 0 Å². The predicted molar refractivity (Wildman–Crippen MR) is 68.8 cm³/mol. The van der Waals surface area contributed by atoms with Gasteiger partial charge in [-0.3, -0.25) is 4.79 Å². The van der Waals surface area contributed by atoms with Crippen LogP contribution in [-0.4, -0.2) is 17.2 Å². The molecule has 84 valence electrons. The molecule has 0 aliphatic rings. The van der Waals surface area contributed by atoms with Crippen molar-refractivity contribution in [2.45, 2.75) is 38.5 Å². The Hall–Kier alpha value is -0.480. The fraction of sp³-hybridized carbons (Fsp3) is 0.545. The van der Waals surface area contributed by atoms with Crippen molar-refractivity contribution in [2.24, 2.45) is 0 Å². The molecule has 0 aliphatic carbocycles. The molecule has 2 unspecified atom stereocenters. The molecule has 0 bridgehead atoms. The first-order valence-corrected chi connectivity index (χ1v) is 6.36. The molecule has 2 nitrogen and oxygen atoms in total. The molecule has 0 radical (unpaired) electrons. The lowest BCUT2D eigenvalue weighted by molar-refractivity contribution is -0.120.